The Kier molecular flexibility index (Phi) is 4.44. The lowest BCUT2D eigenvalue weighted by Gasteiger charge is -2.07. The first kappa shape index (κ1) is 14.3. The quantitative estimate of drug-likeness (QED) is 0.769. The van der Waals surface area contributed by atoms with Crippen LogP contribution < -0.4 is 10.0 Å². The zero-order chi connectivity index (χ0) is 13.9. The first-order valence-corrected chi connectivity index (χ1v) is 7.97. The second kappa shape index (κ2) is 5.90. The molecule has 7 heteroatoms. The van der Waals surface area contributed by atoms with E-state index in [-0.39, 0.29) is 22.7 Å². The van der Waals surface area contributed by atoms with Gasteiger partial charge in [-0.3, -0.25) is 4.79 Å². The van der Waals surface area contributed by atoms with Gasteiger partial charge in [0.05, 0.1) is 4.90 Å². The summed E-state index contributed by atoms with van der Waals surface area (Å²) in [7, 11) is -3.41. The van der Waals surface area contributed by atoms with Gasteiger partial charge in [-0.25, -0.2) is 13.1 Å². The molecule has 19 heavy (non-hydrogen) atoms. The van der Waals surface area contributed by atoms with Gasteiger partial charge in [0.25, 0.3) is 0 Å². The number of nitrogens with one attached hydrogen (secondary N) is 2. The lowest BCUT2D eigenvalue weighted by Crippen LogP contribution is -2.26. The molecule has 0 aliphatic heterocycles. The molecule has 1 aromatic rings. The standard InChI is InChI=1S/C12H15ClN2O3S/c13-7-12(16)14-8-9-1-5-11(6-2-9)19(17,18)15-10-3-4-10/h1-2,5-6,10,15H,3-4,7-8H2,(H,14,16). The Morgan fingerprint density at radius 2 is 1.89 bits per heavy atom. The number of amides is 1. The van der Waals surface area contributed by atoms with Crippen molar-refractivity contribution in [3.05, 3.63) is 29.8 Å². The van der Waals surface area contributed by atoms with Crippen LogP contribution in [0.4, 0.5) is 0 Å². The zero-order valence-electron chi connectivity index (χ0n) is 10.2. The van der Waals surface area contributed by atoms with E-state index in [1.165, 1.54) is 12.1 Å². The van der Waals surface area contributed by atoms with E-state index < -0.39 is 10.0 Å². The van der Waals surface area contributed by atoms with Crippen LogP contribution in [0.1, 0.15) is 18.4 Å². The van der Waals surface area contributed by atoms with Crippen LogP contribution in [0.2, 0.25) is 0 Å². The van der Waals surface area contributed by atoms with Gasteiger partial charge in [0, 0.05) is 12.6 Å². The van der Waals surface area contributed by atoms with Crippen molar-refractivity contribution in [1.82, 2.24) is 10.0 Å². The third kappa shape index (κ3) is 4.19. The Bertz CT molecular complexity index is 553. The van der Waals surface area contributed by atoms with Crippen LogP contribution >= 0.6 is 11.6 Å². The highest BCUT2D eigenvalue weighted by atomic mass is 35.5. The molecular formula is C12H15ClN2O3S. The Hall–Kier alpha value is -1.11. The summed E-state index contributed by atoms with van der Waals surface area (Å²) in [6.45, 7) is 0.335. The molecule has 2 rings (SSSR count). The van der Waals surface area contributed by atoms with Gasteiger partial charge < -0.3 is 5.32 Å². The third-order valence-corrected chi connectivity index (χ3v) is 4.52. The van der Waals surface area contributed by atoms with Gasteiger partial charge >= 0.3 is 0 Å². The minimum Gasteiger partial charge on any atom is -0.351 e. The fourth-order valence-corrected chi connectivity index (χ4v) is 2.92. The second-order valence-corrected chi connectivity index (χ2v) is 6.43. The van der Waals surface area contributed by atoms with Crippen molar-refractivity contribution in [3.8, 4) is 0 Å². The van der Waals surface area contributed by atoms with E-state index in [2.05, 4.69) is 10.0 Å². The van der Waals surface area contributed by atoms with Crippen molar-refractivity contribution >= 4 is 27.5 Å². The molecule has 1 aliphatic rings. The van der Waals surface area contributed by atoms with Crippen molar-refractivity contribution in [2.75, 3.05) is 5.88 Å². The summed E-state index contributed by atoms with van der Waals surface area (Å²) in [4.78, 5) is 11.2. The highest BCUT2D eigenvalue weighted by Gasteiger charge is 2.27. The molecule has 104 valence electrons. The van der Waals surface area contributed by atoms with Crippen LogP contribution in [0.3, 0.4) is 0 Å². The maximum Gasteiger partial charge on any atom is 0.240 e. The van der Waals surface area contributed by atoms with Crippen molar-refractivity contribution in [2.24, 2.45) is 0 Å². The minimum atomic E-state index is -3.41. The highest BCUT2D eigenvalue weighted by Crippen LogP contribution is 2.22. The normalized spacial score (nSPS) is 15.2. The lowest BCUT2D eigenvalue weighted by molar-refractivity contribution is -0.118. The SMILES string of the molecule is O=C(CCl)NCc1ccc(S(=O)(=O)NC2CC2)cc1. The van der Waals surface area contributed by atoms with Gasteiger partial charge in [-0.15, -0.1) is 11.6 Å². The summed E-state index contributed by atoms with van der Waals surface area (Å²) in [6, 6.07) is 6.51. The van der Waals surface area contributed by atoms with Crippen LogP contribution in [0, 0.1) is 0 Å². The maximum absolute atomic E-state index is 11.9. The number of halogens is 1. The molecule has 0 heterocycles. The van der Waals surface area contributed by atoms with E-state index in [0.717, 1.165) is 18.4 Å². The van der Waals surface area contributed by atoms with Gasteiger partial charge in [0.2, 0.25) is 15.9 Å². The van der Waals surface area contributed by atoms with E-state index in [4.69, 9.17) is 11.6 Å². The number of benzene rings is 1. The summed E-state index contributed by atoms with van der Waals surface area (Å²) in [5.74, 6) is -0.341. The van der Waals surface area contributed by atoms with Crippen molar-refractivity contribution in [1.29, 1.82) is 0 Å². The number of sulfonamides is 1. The monoisotopic (exact) mass is 302 g/mol. The average Bonchev–Trinajstić information content (AvgIpc) is 3.19. The summed E-state index contributed by atoms with van der Waals surface area (Å²) in [5, 5.41) is 2.61. The molecule has 0 unspecified atom stereocenters. The van der Waals surface area contributed by atoms with Crippen molar-refractivity contribution in [3.63, 3.8) is 0 Å². The third-order valence-electron chi connectivity index (χ3n) is 2.74. The van der Waals surface area contributed by atoms with Crippen LogP contribution in [0.25, 0.3) is 0 Å². The molecule has 0 bridgehead atoms. The number of carbonyl (C=O) groups is 1. The zero-order valence-corrected chi connectivity index (χ0v) is 11.8. The number of hydrogen-bond acceptors (Lipinski definition) is 3. The highest BCUT2D eigenvalue weighted by molar-refractivity contribution is 7.89. The van der Waals surface area contributed by atoms with Gasteiger partial charge in [0.15, 0.2) is 0 Å². The van der Waals surface area contributed by atoms with Gasteiger partial charge in [-0.05, 0) is 30.5 Å². The summed E-state index contributed by atoms with van der Waals surface area (Å²) in [5.41, 5.74) is 0.823. The summed E-state index contributed by atoms with van der Waals surface area (Å²) in [6.07, 6.45) is 1.81. The Labute approximate surface area is 117 Å². The maximum atomic E-state index is 11.9. The Balaban J connectivity index is 1.99. The molecule has 2 N–H and O–H groups in total. The van der Waals surface area contributed by atoms with Gasteiger partial charge in [-0.1, -0.05) is 12.1 Å². The van der Waals surface area contributed by atoms with Crippen LogP contribution in [0.15, 0.2) is 29.2 Å². The number of alkyl halides is 1. The minimum absolute atomic E-state index is 0.0855. The fourth-order valence-electron chi connectivity index (χ4n) is 1.52. The van der Waals surface area contributed by atoms with E-state index in [0.29, 0.717) is 6.54 Å². The largest absolute Gasteiger partial charge is 0.351 e. The number of carbonyl (C=O) groups excluding carboxylic acids is 1. The Morgan fingerprint density at radius 1 is 1.26 bits per heavy atom. The summed E-state index contributed by atoms with van der Waals surface area (Å²) < 4.78 is 26.4. The van der Waals surface area contributed by atoms with E-state index in [1.807, 2.05) is 0 Å². The van der Waals surface area contributed by atoms with Gasteiger partial charge in [-0.2, -0.15) is 0 Å². The topological polar surface area (TPSA) is 75.3 Å². The van der Waals surface area contributed by atoms with E-state index in [9.17, 15) is 13.2 Å². The van der Waals surface area contributed by atoms with Crippen molar-refractivity contribution < 1.29 is 13.2 Å². The predicted molar refractivity (Wildman–Crippen MR) is 72.4 cm³/mol. The second-order valence-electron chi connectivity index (χ2n) is 4.45. The lowest BCUT2D eigenvalue weighted by atomic mass is 10.2. The molecule has 0 radical (unpaired) electrons. The van der Waals surface area contributed by atoms with Gasteiger partial charge in [0.1, 0.15) is 5.88 Å². The molecule has 1 aromatic carbocycles. The van der Waals surface area contributed by atoms with Crippen LogP contribution in [0.5, 0.6) is 0 Å². The van der Waals surface area contributed by atoms with Crippen LogP contribution in [-0.4, -0.2) is 26.2 Å². The van der Waals surface area contributed by atoms with Crippen molar-refractivity contribution in [2.45, 2.75) is 30.3 Å². The molecule has 1 amide bonds. The number of hydrogen-bond donors (Lipinski definition) is 2. The molecule has 1 aliphatic carbocycles. The molecule has 0 aromatic heterocycles. The van der Waals surface area contributed by atoms with E-state index in [1.54, 1.807) is 12.1 Å². The molecular weight excluding hydrogens is 288 g/mol. The Morgan fingerprint density at radius 3 is 2.42 bits per heavy atom. The fraction of sp³-hybridized carbons (Fsp3) is 0.417. The van der Waals surface area contributed by atoms with Crippen LogP contribution in [-0.2, 0) is 21.4 Å². The first-order chi connectivity index (χ1) is 9.01. The predicted octanol–water partition coefficient (Wildman–Crippen LogP) is 0.982. The molecule has 1 fully saturated rings. The molecule has 0 spiro atoms. The smallest absolute Gasteiger partial charge is 0.240 e. The van der Waals surface area contributed by atoms with E-state index >= 15 is 0 Å². The first-order valence-electron chi connectivity index (χ1n) is 5.95. The number of rotatable bonds is 6. The molecule has 0 atom stereocenters. The average molecular weight is 303 g/mol. The summed E-state index contributed by atoms with van der Waals surface area (Å²) >= 11 is 5.36. The molecule has 0 saturated heterocycles. The molecule has 5 nitrogen and oxygen atoms in total. The molecule has 1 saturated carbocycles.